The lowest BCUT2D eigenvalue weighted by molar-refractivity contribution is 0.0330. The largest absolute Gasteiger partial charge is 0.487 e. The van der Waals surface area contributed by atoms with Crippen molar-refractivity contribution in [1.82, 2.24) is 0 Å². The lowest BCUT2D eigenvalue weighted by Gasteiger charge is -2.14. The Morgan fingerprint density at radius 3 is 1.87 bits per heavy atom. The van der Waals surface area contributed by atoms with Crippen molar-refractivity contribution in [2.45, 2.75) is 26.2 Å². The van der Waals surface area contributed by atoms with Gasteiger partial charge in [0.1, 0.15) is 13.2 Å². The maximum Gasteiger partial charge on any atom is 0.161 e. The molecule has 0 fully saturated rings. The first kappa shape index (κ1) is 18.0. The summed E-state index contributed by atoms with van der Waals surface area (Å²) in [5.41, 5.74) is 1.14. The molecule has 1 aliphatic heterocycles. The molecule has 0 aliphatic carbocycles. The molecule has 0 amide bonds. The van der Waals surface area contributed by atoms with Crippen LogP contribution in [0.5, 0.6) is 11.5 Å². The van der Waals surface area contributed by atoms with Crippen LogP contribution >= 0.6 is 0 Å². The van der Waals surface area contributed by atoms with E-state index in [0.29, 0.717) is 39.6 Å². The van der Waals surface area contributed by atoms with Crippen molar-refractivity contribution in [3.8, 4) is 11.5 Å². The van der Waals surface area contributed by atoms with E-state index in [2.05, 4.69) is 0 Å². The molecule has 0 atom stereocenters. The minimum Gasteiger partial charge on any atom is -0.487 e. The highest BCUT2D eigenvalue weighted by molar-refractivity contribution is 5.42. The van der Waals surface area contributed by atoms with E-state index < -0.39 is 0 Å². The first-order valence-corrected chi connectivity index (χ1v) is 8.46. The molecule has 0 unspecified atom stereocenters. The summed E-state index contributed by atoms with van der Waals surface area (Å²) in [6.07, 6.45) is 3.24. The Morgan fingerprint density at radius 2 is 1.17 bits per heavy atom. The van der Waals surface area contributed by atoms with E-state index in [0.717, 1.165) is 49.5 Å². The molecule has 0 saturated carbocycles. The Labute approximate surface area is 138 Å². The van der Waals surface area contributed by atoms with Crippen LogP contribution in [0.15, 0.2) is 18.2 Å². The van der Waals surface area contributed by atoms with Crippen molar-refractivity contribution in [2.24, 2.45) is 0 Å². The first-order valence-electron chi connectivity index (χ1n) is 8.46. The van der Waals surface area contributed by atoms with Crippen LogP contribution in [0.4, 0.5) is 0 Å². The molecule has 0 saturated heterocycles. The van der Waals surface area contributed by atoms with Gasteiger partial charge in [0.2, 0.25) is 0 Å². The fourth-order valence-electron chi connectivity index (χ4n) is 2.28. The van der Waals surface area contributed by atoms with Gasteiger partial charge in [0.25, 0.3) is 0 Å². The van der Waals surface area contributed by atoms with Crippen molar-refractivity contribution >= 4 is 0 Å². The number of rotatable bonds is 0. The van der Waals surface area contributed by atoms with Crippen LogP contribution in [0.2, 0.25) is 0 Å². The van der Waals surface area contributed by atoms with E-state index in [1.54, 1.807) is 0 Å². The van der Waals surface area contributed by atoms with Gasteiger partial charge in [0, 0.05) is 13.2 Å². The average Bonchev–Trinajstić information content (AvgIpc) is 2.55. The van der Waals surface area contributed by atoms with Gasteiger partial charge in [0.15, 0.2) is 11.5 Å². The Bertz CT molecular complexity index is 435. The summed E-state index contributed by atoms with van der Waals surface area (Å²) in [6.45, 7) is 6.98. The van der Waals surface area contributed by atoms with Gasteiger partial charge in [-0.25, -0.2) is 0 Å². The van der Waals surface area contributed by atoms with E-state index in [1.807, 2.05) is 25.1 Å². The highest BCUT2D eigenvalue weighted by Crippen LogP contribution is 2.28. The second kappa shape index (κ2) is 11.3. The molecule has 130 valence electrons. The summed E-state index contributed by atoms with van der Waals surface area (Å²) >= 11 is 0. The highest BCUT2D eigenvalue weighted by Gasteiger charge is 2.06. The zero-order chi connectivity index (χ0) is 16.2. The number of hydrogen-bond donors (Lipinski definition) is 0. The standard InChI is InChI=1S/C18H28O5/c1-16-5-6-17-18(15-16)23-14-12-21-10-9-19-7-3-2-4-8-20-11-13-22-17/h5-6,15H,2-4,7-14H2,1H3. The molecule has 0 bridgehead atoms. The molecule has 0 aromatic heterocycles. The van der Waals surface area contributed by atoms with Crippen molar-refractivity contribution < 1.29 is 23.7 Å². The van der Waals surface area contributed by atoms with Crippen LogP contribution in [0, 0.1) is 6.92 Å². The summed E-state index contributed by atoms with van der Waals surface area (Å²) in [4.78, 5) is 0. The van der Waals surface area contributed by atoms with Gasteiger partial charge in [-0.15, -0.1) is 0 Å². The van der Waals surface area contributed by atoms with Crippen LogP contribution in [0.1, 0.15) is 24.8 Å². The smallest absolute Gasteiger partial charge is 0.161 e. The third-order valence-corrected chi connectivity index (χ3v) is 3.52. The molecule has 0 spiro atoms. The number of hydrogen-bond acceptors (Lipinski definition) is 5. The molecule has 5 nitrogen and oxygen atoms in total. The van der Waals surface area contributed by atoms with E-state index in [-0.39, 0.29) is 0 Å². The maximum absolute atomic E-state index is 5.78. The molecule has 1 aromatic rings. The molecule has 5 heteroatoms. The van der Waals surface area contributed by atoms with Gasteiger partial charge < -0.3 is 23.7 Å². The van der Waals surface area contributed by atoms with E-state index in [9.17, 15) is 0 Å². The molecule has 2 rings (SSSR count). The Morgan fingerprint density at radius 1 is 0.609 bits per heavy atom. The molecule has 0 N–H and O–H groups in total. The molecule has 0 radical (unpaired) electrons. The number of fused-ring (bicyclic) bond motifs is 1. The van der Waals surface area contributed by atoms with Gasteiger partial charge in [-0.2, -0.15) is 0 Å². The Hall–Kier alpha value is -1.30. The fraction of sp³-hybridized carbons (Fsp3) is 0.667. The Kier molecular flexibility index (Phi) is 8.84. The van der Waals surface area contributed by atoms with Crippen LogP contribution in [0.25, 0.3) is 0 Å². The van der Waals surface area contributed by atoms with Gasteiger partial charge in [-0.3, -0.25) is 0 Å². The van der Waals surface area contributed by atoms with Crippen LogP contribution in [0.3, 0.4) is 0 Å². The second-order valence-electron chi connectivity index (χ2n) is 5.54. The Balaban J connectivity index is 1.84. The van der Waals surface area contributed by atoms with Crippen molar-refractivity contribution in [2.75, 3.05) is 52.9 Å². The monoisotopic (exact) mass is 324 g/mol. The summed E-state index contributed by atoms with van der Waals surface area (Å²) < 4.78 is 28.2. The van der Waals surface area contributed by atoms with Crippen LogP contribution in [-0.4, -0.2) is 52.9 Å². The zero-order valence-corrected chi connectivity index (χ0v) is 14.1. The zero-order valence-electron chi connectivity index (χ0n) is 14.1. The number of ether oxygens (including phenoxy) is 5. The molecular weight excluding hydrogens is 296 g/mol. The molecule has 23 heavy (non-hydrogen) atoms. The molecule has 1 aromatic carbocycles. The SMILES string of the molecule is Cc1ccc2c(c1)OCCOCCOCCCCCOCCO2. The molecular formula is C18H28O5. The molecule has 1 heterocycles. The lowest BCUT2D eigenvalue weighted by atomic mass is 10.2. The minimum absolute atomic E-state index is 0.496. The van der Waals surface area contributed by atoms with Crippen molar-refractivity contribution in [3.05, 3.63) is 23.8 Å². The predicted octanol–water partition coefficient (Wildman–Crippen LogP) is 2.99. The van der Waals surface area contributed by atoms with Crippen LogP contribution < -0.4 is 9.47 Å². The van der Waals surface area contributed by atoms with Crippen molar-refractivity contribution in [1.29, 1.82) is 0 Å². The topological polar surface area (TPSA) is 46.2 Å². The normalized spacial score (nSPS) is 19.5. The van der Waals surface area contributed by atoms with Crippen molar-refractivity contribution in [3.63, 3.8) is 0 Å². The lowest BCUT2D eigenvalue weighted by Crippen LogP contribution is -2.13. The summed E-state index contributed by atoms with van der Waals surface area (Å²) in [6, 6.07) is 5.94. The summed E-state index contributed by atoms with van der Waals surface area (Å²) in [5.74, 6) is 1.51. The van der Waals surface area contributed by atoms with Gasteiger partial charge >= 0.3 is 0 Å². The summed E-state index contributed by atoms with van der Waals surface area (Å²) in [5, 5.41) is 0. The van der Waals surface area contributed by atoms with E-state index in [1.165, 1.54) is 0 Å². The number of aryl methyl sites for hydroxylation is 1. The van der Waals surface area contributed by atoms with E-state index in [4.69, 9.17) is 23.7 Å². The second-order valence-corrected chi connectivity index (χ2v) is 5.54. The van der Waals surface area contributed by atoms with Gasteiger partial charge in [0.05, 0.1) is 26.4 Å². The number of benzene rings is 1. The van der Waals surface area contributed by atoms with E-state index >= 15 is 0 Å². The van der Waals surface area contributed by atoms with Gasteiger partial charge in [-0.05, 0) is 43.9 Å². The minimum atomic E-state index is 0.496. The fourth-order valence-corrected chi connectivity index (χ4v) is 2.28. The maximum atomic E-state index is 5.78. The predicted molar refractivity (Wildman–Crippen MR) is 88.5 cm³/mol. The first-order chi connectivity index (χ1) is 11.4. The van der Waals surface area contributed by atoms with Crippen LogP contribution in [-0.2, 0) is 14.2 Å². The molecule has 1 aliphatic rings. The third kappa shape index (κ3) is 7.68. The highest BCUT2D eigenvalue weighted by atomic mass is 16.6. The third-order valence-electron chi connectivity index (χ3n) is 3.52. The van der Waals surface area contributed by atoms with Gasteiger partial charge in [-0.1, -0.05) is 6.07 Å². The average molecular weight is 324 g/mol. The summed E-state index contributed by atoms with van der Waals surface area (Å²) in [7, 11) is 0. The quantitative estimate of drug-likeness (QED) is 0.734.